The van der Waals surface area contributed by atoms with Crippen molar-refractivity contribution in [3.63, 3.8) is 0 Å². The predicted molar refractivity (Wildman–Crippen MR) is 44.9 cm³/mol. The Bertz CT molecular complexity index is 109. The van der Waals surface area contributed by atoms with E-state index in [-0.39, 0.29) is 6.61 Å². The minimum absolute atomic E-state index is 0.126. The van der Waals surface area contributed by atoms with E-state index in [2.05, 4.69) is 4.74 Å². The Morgan fingerprint density at radius 1 is 1.25 bits per heavy atom. The van der Waals surface area contributed by atoms with E-state index in [1.807, 2.05) is 0 Å². The van der Waals surface area contributed by atoms with Gasteiger partial charge in [0.15, 0.2) is 0 Å². The van der Waals surface area contributed by atoms with Crippen LogP contribution in [0.4, 0.5) is 13.2 Å². The van der Waals surface area contributed by atoms with Crippen molar-refractivity contribution in [2.45, 2.75) is 6.18 Å². The minimum Gasteiger partial charge on any atom is -0.371 e. The number of ether oxygens (including phenoxy) is 1. The molecule has 0 unspecified atom stereocenters. The molecule has 0 aromatic heterocycles. The number of thioether (sulfide) groups is 1. The zero-order chi connectivity index (χ0) is 9.45. The molecule has 0 atom stereocenters. The highest BCUT2D eigenvalue weighted by Gasteiger charge is 2.27. The van der Waals surface area contributed by atoms with Crippen molar-refractivity contribution < 1.29 is 17.9 Å². The first kappa shape index (κ1) is 12.4. The van der Waals surface area contributed by atoms with E-state index in [0.29, 0.717) is 11.6 Å². The zero-order valence-corrected chi connectivity index (χ0v) is 7.94. The highest BCUT2D eigenvalue weighted by atomic mass is 35.5. The Hall–Kier alpha value is 0.390. The van der Waals surface area contributed by atoms with E-state index in [1.165, 1.54) is 11.8 Å². The molecular weight excluding hydrogens is 213 g/mol. The van der Waals surface area contributed by atoms with Crippen LogP contribution in [-0.2, 0) is 4.74 Å². The SMILES string of the molecule is FC(F)(F)COCCSCCCl. The molecule has 1 nitrogen and oxygen atoms in total. The summed E-state index contributed by atoms with van der Waals surface area (Å²) >= 11 is 6.82. The van der Waals surface area contributed by atoms with Gasteiger partial charge >= 0.3 is 6.18 Å². The number of rotatable bonds is 6. The molecule has 0 rings (SSSR count). The van der Waals surface area contributed by atoms with Crippen molar-refractivity contribution in [3.05, 3.63) is 0 Å². The van der Waals surface area contributed by atoms with Gasteiger partial charge in [-0.05, 0) is 0 Å². The van der Waals surface area contributed by atoms with E-state index >= 15 is 0 Å². The molecule has 12 heavy (non-hydrogen) atoms. The average molecular weight is 223 g/mol. The molecule has 0 saturated carbocycles. The minimum atomic E-state index is -4.21. The van der Waals surface area contributed by atoms with Crippen LogP contribution in [0.25, 0.3) is 0 Å². The maximum absolute atomic E-state index is 11.5. The van der Waals surface area contributed by atoms with Crippen LogP contribution >= 0.6 is 23.4 Å². The second-order valence-electron chi connectivity index (χ2n) is 1.97. The monoisotopic (exact) mass is 222 g/mol. The largest absolute Gasteiger partial charge is 0.411 e. The molecule has 0 amide bonds. The fourth-order valence-electron chi connectivity index (χ4n) is 0.462. The van der Waals surface area contributed by atoms with Crippen LogP contribution in [0.2, 0.25) is 0 Å². The van der Waals surface area contributed by atoms with Crippen LogP contribution in [0.15, 0.2) is 0 Å². The third kappa shape index (κ3) is 10.4. The predicted octanol–water partition coefficient (Wildman–Crippen LogP) is 2.54. The second kappa shape index (κ2) is 6.86. The number of alkyl halides is 4. The zero-order valence-electron chi connectivity index (χ0n) is 6.36. The molecular formula is C6H10ClF3OS. The van der Waals surface area contributed by atoms with Crippen molar-refractivity contribution in [1.29, 1.82) is 0 Å². The van der Waals surface area contributed by atoms with Crippen LogP contribution in [0.5, 0.6) is 0 Å². The standard InChI is InChI=1S/C6H10ClF3OS/c7-1-3-12-4-2-11-5-6(8,9)10/h1-5H2. The Morgan fingerprint density at radius 2 is 1.92 bits per heavy atom. The fourth-order valence-corrected chi connectivity index (χ4v) is 1.34. The normalized spacial score (nSPS) is 12.0. The van der Waals surface area contributed by atoms with Gasteiger partial charge in [-0.25, -0.2) is 0 Å². The molecule has 0 aliphatic rings. The fraction of sp³-hybridized carbons (Fsp3) is 1.00. The smallest absolute Gasteiger partial charge is 0.371 e. The molecule has 0 fully saturated rings. The van der Waals surface area contributed by atoms with E-state index < -0.39 is 12.8 Å². The maximum atomic E-state index is 11.5. The lowest BCUT2D eigenvalue weighted by molar-refractivity contribution is -0.172. The molecule has 0 aliphatic heterocycles. The Morgan fingerprint density at radius 3 is 2.42 bits per heavy atom. The quantitative estimate of drug-likeness (QED) is 0.505. The Kier molecular flexibility index (Phi) is 7.08. The molecule has 0 bridgehead atoms. The first-order chi connectivity index (χ1) is 5.56. The van der Waals surface area contributed by atoms with Gasteiger partial charge in [0.1, 0.15) is 6.61 Å². The first-order valence-corrected chi connectivity index (χ1v) is 5.03. The molecule has 0 N–H and O–H groups in total. The molecule has 0 spiro atoms. The summed E-state index contributed by atoms with van der Waals surface area (Å²) in [6.45, 7) is -1.03. The van der Waals surface area contributed by atoms with Gasteiger partial charge < -0.3 is 4.74 Å². The summed E-state index contributed by atoms with van der Waals surface area (Å²) in [4.78, 5) is 0. The highest BCUT2D eigenvalue weighted by molar-refractivity contribution is 7.99. The van der Waals surface area contributed by atoms with Gasteiger partial charge in [-0.3, -0.25) is 0 Å². The molecule has 0 aromatic rings. The molecule has 0 radical (unpaired) electrons. The van der Waals surface area contributed by atoms with E-state index in [0.717, 1.165) is 5.75 Å². The van der Waals surface area contributed by atoms with Crippen LogP contribution in [0.1, 0.15) is 0 Å². The van der Waals surface area contributed by atoms with Crippen LogP contribution in [0.3, 0.4) is 0 Å². The van der Waals surface area contributed by atoms with Crippen molar-refractivity contribution in [2.24, 2.45) is 0 Å². The van der Waals surface area contributed by atoms with Crippen molar-refractivity contribution in [3.8, 4) is 0 Å². The third-order valence-electron chi connectivity index (χ3n) is 0.859. The molecule has 0 saturated heterocycles. The summed E-state index contributed by atoms with van der Waals surface area (Å²) in [5.41, 5.74) is 0. The van der Waals surface area contributed by atoms with Crippen molar-refractivity contribution >= 4 is 23.4 Å². The first-order valence-electron chi connectivity index (χ1n) is 3.34. The number of hydrogen-bond acceptors (Lipinski definition) is 2. The van der Waals surface area contributed by atoms with Gasteiger partial charge in [0.05, 0.1) is 6.61 Å². The summed E-state index contributed by atoms with van der Waals surface area (Å²) < 4.78 is 38.8. The summed E-state index contributed by atoms with van der Waals surface area (Å²) in [6, 6.07) is 0. The van der Waals surface area contributed by atoms with Gasteiger partial charge in [0, 0.05) is 17.4 Å². The Balaban J connectivity index is 3.01. The molecule has 6 heteroatoms. The molecule has 0 aliphatic carbocycles. The number of halogens is 4. The topological polar surface area (TPSA) is 9.23 Å². The van der Waals surface area contributed by atoms with Gasteiger partial charge in [-0.1, -0.05) is 0 Å². The number of hydrogen-bond donors (Lipinski definition) is 0. The third-order valence-corrected chi connectivity index (χ3v) is 2.22. The lowest BCUT2D eigenvalue weighted by Gasteiger charge is -2.06. The molecule has 0 aromatic carbocycles. The lowest BCUT2D eigenvalue weighted by atomic mass is 10.7. The summed E-state index contributed by atoms with van der Waals surface area (Å²) in [7, 11) is 0. The summed E-state index contributed by atoms with van der Waals surface area (Å²) in [6.07, 6.45) is -4.21. The van der Waals surface area contributed by atoms with Gasteiger partial charge in [-0.2, -0.15) is 24.9 Å². The van der Waals surface area contributed by atoms with Crippen LogP contribution in [0, 0.1) is 0 Å². The van der Waals surface area contributed by atoms with Crippen LogP contribution < -0.4 is 0 Å². The van der Waals surface area contributed by atoms with E-state index in [9.17, 15) is 13.2 Å². The van der Waals surface area contributed by atoms with E-state index in [1.54, 1.807) is 0 Å². The maximum Gasteiger partial charge on any atom is 0.411 e. The summed E-state index contributed by atoms with van der Waals surface area (Å²) in [5, 5.41) is 0. The highest BCUT2D eigenvalue weighted by Crippen LogP contribution is 2.14. The molecule has 74 valence electrons. The molecule has 0 heterocycles. The average Bonchev–Trinajstić information content (AvgIpc) is 1.94. The van der Waals surface area contributed by atoms with Gasteiger partial charge in [0.25, 0.3) is 0 Å². The van der Waals surface area contributed by atoms with Crippen molar-refractivity contribution in [2.75, 3.05) is 30.6 Å². The lowest BCUT2D eigenvalue weighted by Crippen LogP contribution is -2.17. The van der Waals surface area contributed by atoms with Crippen molar-refractivity contribution in [1.82, 2.24) is 0 Å². The van der Waals surface area contributed by atoms with Gasteiger partial charge in [0.2, 0.25) is 0 Å². The van der Waals surface area contributed by atoms with Crippen LogP contribution in [-0.4, -0.2) is 36.8 Å². The Labute approximate surface area is 78.6 Å². The van der Waals surface area contributed by atoms with E-state index in [4.69, 9.17) is 11.6 Å². The summed E-state index contributed by atoms with van der Waals surface area (Å²) in [5.74, 6) is 1.82. The van der Waals surface area contributed by atoms with Gasteiger partial charge in [-0.15, -0.1) is 11.6 Å². The second-order valence-corrected chi connectivity index (χ2v) is 3.57.